The summed E-state index contributed by atoms with van der Waals surface area (Å²) in [7, 11) is 1.86. The van der Waals surface area contributed by atoms with E-state index in [4.69, 9.17) is 9.47 Å². The maximum absolute atomic E-state index is 13.1. The molecule has 0 radical (unpaired) electrons. The highest BCUT2D eigenvalue weighted by atomic mass is 16.6. The number of carbonyl (C=O) groups is 2. The highest BCUT2D eigenvalue weighted by Crippen LogP contribution is 2.36. The molecule has 2 saturated heterocycles. The zero-order chi connectivity index (χ0) is 22.8. The van der Waals surface area contributed by atoms with Crippen LogP contribution in [0.3, 0.4) is 0 Å². The number of nitrogens with zero attached hydrogens (tertiary/aromatic N) is 1. The molecule has 7 nitrogen and oxygen atoms in total. The Kier molecular flexibility index (Phi) is 6.69. The minimum absolute atomic E-state index is 0.00656. The first-order chi connectivity index (χ1) is 16.1. The lowest BCUT2D eigenvalue weighted by molar-refractivity contribution is -0.119. The third-order valence-corrected chi connectivity index (χ3v) is 7.75. The van der Waals surface area contributed by atoms with Crippen LogP contribution in [-0.2, 0) is 21.3 Å². The number of carbonyl (C=O) groups excluding carboxylic acids is 2. The Balaban J connectivity index is 1.26. The summed E-state index contributed by atoms with van der Waals surface area (Å²) in [5, 5.41) is 7.47. The fourth-order valence-corrected chi connectivity index (χ4v) is 5.94. The third kappa shape index (κ3) is 4.80. The molecular weight excluding hydrogens is 418 g/mol. The van der Waals surface area contributed by atoms with Gasteiger partial charge in [0.1, 0.15) is 12.3 Å². The first-order valence-corrected chi connectivity index (χ1v) is 12.5. The molecule has 3 aliphatic rings. The number of ether oxygens (including phenoxy) is 2. The molecular formula is C26H35N3O4. The van der Waals surface area contributed by atoms with E-state index in [2.05, 4.69) is 10.6 Å². The molecule has 3 fully saturated rings. The van der Waals surface area contributed by atoms with E-state index in [1.165, 1.54) is 32.1 Å². The first-order valence-electron chi connectivity index (χ1n) is 12.5. The highest BCUT2D eigenvalue weighted by Gasteiger charge is 2.38. The van der Waals surface area contributed by atoms with Crippen molar-refractivity contribution >= 4 is 28.5 Å². The molecule has 3 unspecified atom stereocenters. The van der Waals surface area contributed by atoms with Crippen LogP contribution >= 0.6 is 0 Å². The van der Waals surface area contributed by atoms with Gasteiger partial charge in [0.2, 0.25) is 5.91 Å². The maximum Gasteiger partial charge on any atom is 0.355 e. The average Bonchev–Trinajstić information content (AvgIpc) is 3.59. The molecule has 2 N–H and O–H groups in total. The fourth-order valence-electron chi connectivity index (χ4n) is 5.94. The Morgan fingerprint density at radius 3 is 2.76 bits per heavy atom. The van der Waals surface area contributed by atoms with Crippen molar-refractivity contribution in [3.05, 3.63) is 30.0 Å². The van der Waals surface area contributed by atoms with E-state index in [0.717, 1.165) is 49.0 Å². The Bertz CT molecular complexity index is 1000. The van der Waals surface area contributed by atoms with Crippen LogP contribution in [0.5, 0.6) is 0 Å². The zero-order valence-electron chi connectivity index (χ0n) is 19.5. The summed E-state index contributed by atoms with van der Waals surface area (Å²) in [6.45, 7) is 1.94. The lowest BCUT2D eigenvalue weighted by Gasteiger charge is -2.30. The topological polar surface area (TPSA) is 81.6 Å². The number of rotatable bonds is 6. The zero-order valence-corrected chi connectivity index (χ0v) is 19.5. The summed E-state index contributed by atoms with van der Waals surface area (Å²) in [6.07, 6.45) is 9.44. The number of fused-ring (bicyclic) bond motifs is 1. The molecule has 3 atom stereocenters. The van der Waals surface area contributed by atoms with Crippen LogP contribution in [0.25, 0.3) is 10.9 Å². The minimum atomic E-state index is -0.347. The number of aromatic nitrogens is 1. The van der Waals surface area contributed by atoms with Crippen LogP contribution < -0.4 is 10.6 Å². The second-order valence-electron chi connectivity index (χ2n) is 9.87. The van der Waals surface area contributed by atoms with Gasteiger partial charge in [0, 0.05) is 30.2 Å². The maximum atomic E-state index is 13.1. The lowest BCUT2D eigenvalue weighted by Crippen LogP contribution is -2.42. The van der Waals surface area contributed by atoms with Crippen molar-refractivity contribution in [2.75, 3.05) is 25.1 Å². The van der Waals surface area contributed by atoms with Gasteiger partial charge in [-0.15, -0.1) is 0 Å². The van der Waals surface area contributed by atoms with Gasteiger partial charge in [0.05, 0.1) is 12.1 Å². The molecule has 2 aliphatic heterocycles. The molecule has 0 bridgehead atoms. The Hall–Kier alpha value is -2.38. The molecule has 1 amide bonds. The fraction of sp³-hybridized carbons (Fsp3) is 0.615. The van der Waals surface area contributed by atoms with E-state index < -0.39 is 0 Å². The van der Waals surface area contributed by atoms with Gasteiger partial charge in [0.25, 0.3) is 0 Å². The largest absolute Gasteiger partial charge is 0.458 e. The van der Waals surface area contributed by atoms with Gasteiger partial charge in [-0.05, 0) is 61.9 Å². The van der Waals surface area contributed by atoms with E-state index in [-0.39, 0.29) is 30.6 Å². The van der Waals surface area contributed by atoms with Crippen molar-refractivity contribution in [2.45, 2.75) is 63.5 Å². The van der Waals surface area contributed by atoms with Crippen LogP contribution in [0.1, 0.15) is 61.9 Å². The molecule has 3 heterocycles. The van der Waals surface area contributed by atoms with Gasteiger partial charge in [-0.3, -0.25) is 4.79 Å². The summed E-state index contributed by atoms with van der Waals surface area (Å²) < 4.78 is 12.9. The van der Waals surface area contributed by atoms with Crippen molar-refractivity contribution in [1.82, 2.24) is 9.88 Å². The number of aryl methyl sites for hydroxylation is 1. The van der Waals surface area contributed by atoms with Crippen LogP contribution in [0, 0.1) is 11.8 Å². The van der Waals surface area contributed by atoms with Gasteiger partial charge >= 0.3 is 5.97 Å². The smallest absolute Gasteiger partial charge is 0.355 e. The third-order valence-electron chi connectivity index (χ3n) is 7.75. The van der Waals surface area contributed by atoms with Crippen molar-refractivity contribution in [2.24, 2.45) is 18.9 Å². The van der Waals surface area contributed by atoms with Crippen LogP contribution in [0.4, 0.5) is 5.69 Å². The monoisotopic (exact) mass is 453 g/mol. The predicted octanol–water partition coefficient (Wildman–Crippen LogP) is 4.01. The molecule has 1 saturated carbocycles. The average molecular weight is 454 g/mol. The molecule has 5 rings (SSSR count). The van der Waals surface area contributed by atoms with E-state index in [1.54, 1.807) is 0 Å². The molecule has 1 aliphatic carbocycles. The van der Waals surface area contributed by atoms with Crippen molar-refractivity contribution in [3.8, 4) is 0 Å². The lowest BCUT2D eigenvalue weighted by atomic mass is 9.76. The number of amides is 1. The molecule has 0 spiro atoms. The molecule has 7 heteroatoms. The second-order valence-corrected chi connectivity index (χ2v) is 9.87. The predicted molar refractivity (Wildman–Crippen MR) is 127 cm³/mol. The summed E-state index contributed by atoms with van der Waals surface area (Å²) in [5.41, 5.74) is 2.19. The first kappa shape index (κ1) is 22.4. The Morgan fingerprint density at radius 1 is 1.12 bits per heavy atom. The highest BCUT2D eigenvalue weighted by molar-refractivity contribution is 6.00. The molecule has 1 aromatic carbocycles. The van der Waals surface area contributed by atoms with Gasteiger partial charge in [0.15, 0.2) is 0 Å². The minimum Gasteiger partial charge on any atom is -0.458 e. The van der Waals surface area contributed by atoms with Gasteiger partial charge in [-0.1, -0.05) is 32.1 Å². The molecule has 33 heavy (non-hydrogen) atoms. The van der Waals surface area contributed by atoms with Crippen LogP contribution in [0.2, 0.25) is 0 Å². The Labute approximate surface area is 195 Å². The number of esters is 1. The van der Waals surface area contributed by atoms with Crippen molar-refractivity contribution < 1.29 is 19.1 Å². The summed E-state index contributed by atoms with van der Waals surface area (Å²) in [5.74, 6) is 0.787. The number of anilines is 1. The van der Waals surface area contributed by atoms with Gasteiger partial charge < -0.3 is 24.7 Å². The second kappa shape index (κ2) is 9.85. The van der Waals surface area contributed by atoms with E-state index in [9.17, 15) is 9.59 Å². The number of hydrogen-bond donors (Lipinski definition) is 2. The van der Waals surface area contributed by atoms with Crippen molar-refractivity contribution in [3.63, 3.8) is 0 Å². The number of benzene rings is 1. The van der Waals surface area contributed by atoms with Crippen LogP contribution in [0.15, 0.2) is 24.3 Å². The molecule has 178 valence electrons. The molecule has 1 aromatic heterocycles. The Morgan fingerprint density at radius 2 is 1.97 bits per heavy atom. The SMILES string of the molecule is Cn1c(C(=O)OCC2CCCO2)cc2cc(NC(=O)C3NCCC3C3CCCCC3)ccc21. The number of hydrogen-bond acceptors (Lipinski definition) is 5. The normalized spacial score (nSPS) is 26.0. The standard InChI is InChI=1S/C26H35N3O4/c1-29-22-10-9-19(14-18(22)15-23(29)26(31)33-16-20-8-5-13-32-20)28-25(30)24-21(11-12-27-24)17-6-3-2-4-7-17/h9-10,14-15,17,20-21,24,27H,2-8,11-13,16H2,1H3,(H,28,30). The molecule has 2 aromatic rings. The van der Waals surface area contributed by atoms with Crippen LogP contribution in [-0.4, -0.2) is 48.3 Å². The van der Waals surface area contributed by atoms with Gasteiger partial charge in [-0.25, -0.2) is 4.79 Å². The summed E-state index contributed by atoms with van der Waals surface area (Å²) >= 11 is 0. The number of nitrogens with one attached hydrogen (secondary N) is 2. The quantitative estimate of drug-likeness (QED) is 0.646. The van der Waals surface area contributed by atoms with E-state index in [0.29, 0.717) is 17.5 Å². The van der Waals surface area contributed by atoms with Gasteiger partial charge in [-0.2, -0.15) is 0 Å². The van der Waals surface area contributed by atoms with E-state index >= 15 is 0 Å². The van der Waals surface area contributed by atoms with E-state index in [1.807, 2.05) is 35.9 Å². The van der Waals surface area contributed by atoms with Crippen molar-refractivity contribution in [1.29, 1.82) is 0 Å². The summed E-state index contributed by atoms with van der Waals surface area (Å²) in [6, 6.07) is 7.51. The summed E-state index contributed by atoms with van der Waals surface area (Å²) in [4.78, 5) is 25.8.